The van der Waals surface area contributed by atoms with Crippen LogP contribution in [0.5, 0.6) is 0 Å². The summed E-state index contributed by atoms with van der Waals surface area (Å²) < 4.78 is 0. The minimum Gasteiger partial charge on any atom is -0.330 e. The Balaban J connectivity index is 2.13. The van der Waals surface area contributed by atoms with Gasteiger partial charge in [-0.1, -0.05) is 36.2 Å². The van der Waals surface area contributed by atoms with E-state index < -0.39 is 0 Å². The van der Waals surface area contributed by atoms with Crippen molar-refractivity contribution in [3.63, 3.8) is 0 Å². The third-order valence-corrected chi connectivity index (χ3v) is 3.74. The molecular weight excluding hydrogens is 194 g/mol. The maximum atomic E-state index is 6.13. The molecule has 0 unspecified atom stereocenters. The Bertz CT molecular complexity index is 312. The lowest BCUT2D eigenvalue weighted by Gasteiger charge is -2.41. The van der Waals surface area contributed by atoms with Gasteiger partial charge in [-0.3, -0.25) is 0 Å². The second kappa shape index (κ2) is 3.92. The molecule has 1 aromatic rings. The number of nitrogens with two attached hydrogens (primary N) is 1. The van der Waals surface area contributed by atoms with E-state index in [0.717, 1.165) is 18.0 Å². The Kier molecular flexibility index (Phi) is 2.80. The van der Waals surface area contributed by atoms with Gasteiger partial charge in [0.25, 0.3) is 0 Å². The van der Waals surface area contributed by atoms with Crippen LogP contribution in [0.1, 0.15) is 24.8 Å². The first-order valence-electron chi connectivity index (χ1n) is 5.19. The molecule has 0 aliphatic heterocycles. The Labute approximate surface area is 90.3 Å². The average Bonchev–Trinajstić information content (AvgIpc) is 2.14. The minimum atomic E-state index is 0.352. The largest absolute Gasteiger partial charge is 0.330 e. The summed E-state index contributed by atoms with van der Waals surface area (Å²) in [5.41, 5.74) is 7.43. The summed E-state index contributed by atoms with van der Waals surface area (Å²) in [7, 11) is 0. The van der Waals surface area contributed by atoms with Crippen molar-refractivity contribution in [2.24, 2.45) is 11.1 Å². The fourth-order valence-corrected chi connectivity index (χ4v) is 2.38. The molecule has 2 rings (SSSR count). The van der Waals surface area contributed by atoms with Crippen molar-refractivity contribution in [1.82, 2.24) is 0 Å². The Morgan fingerprint density at radius 1 is 1.29 bits per heavy atom. The zero-order chi connectivity index (χ0) is 10.0. The Hall–Kier alpha value is -0.530. The van der Waals surface area contributed by atoms with Crippen molar-refractivity contribution in [3.05, 3.63) is 34.9 Å². The molecule has 2 N–H and O–H groups in total. The van der Waals surface area contributed by atoms with Crippen LogP contribution in [0.4, 0.5) is 0 Å². The van der Waals surface area contributed by atoms with Crippen molar-refractivity contribution >= 4 is 11.6 Å². The van der Waals surface area contributed by atoms with E-state index in [1.165, 1.54) is 24.8 Å². The highest BCUT2D eigenvalue weighted by Crippen LogP contribution is 2.43. The first kappa shape index (κ1) is 10.0. The predicted molar refractivity (Wildman–Crippen MR) is 60.5 cm³/mol. The van der Waals surface area contributed by atoms with Crippen LogP contribution in [0.25, 0.3) is 0 Å². The van der Waals surface area contributed by atoms with Gasteiger partial charge in [-0.05, 0) is 42.9 Å². The number of rotatable bonds is 3. The molecule has 0 radical (unpaired) electrons. The van der Waals surface area contributed by atoms with Crippen LogP contribution >= 0.6 is 11.6 Å². The van der Waals surface area contributed by atoms with E-state index in [-0.39, 0.29) is 0 Å². The molecule has 0 amide bonds. The standard InChI is InChI=1S/C12H16ClN/c13-11-5-2-1-4-10(11)8-12(9-14)6-3-7-12/h1-2,4-5H,3,6-9,14H2. The van der Waals surface area contributed by atoms with Crippen LogP contribution in [-0.2, 0) is 6.42 Å². The highest BCUT2D eigenvalue weighted by molar-refractivity contribution is 6.31. The molecule has 1 aliphatic rings. The van der Waals surface area contributed by atoms with Crippen LogP contribution in [0.15, 0.2) is 24.3 Å². The van der Waals surface area contributed by atoms with Crippen molar-refractivity contribution in [3.8, 4) is 0 Å². The van der Waals surface area contributed by atoms with Gasteiger partial charge in [-0.2, -0.15) is 0 Å². The number of halogens is 1. The zero-order valence-corrected chi connectivity index (χ0v) is 9.06. The molecule has 76 valence electrons. The topological polar surface area (TPSA) is 26.0 Å². The third kappa shape index (κ3) is 1.79. The number of benzene rings is 1. The molecule has 0 atom stereocenters. The van der Waals surface area contributed by atoms with E-state index in [1.807, 2.05) is 18.2 Å². The fraction of sp³-hybridized carbons (Fsp3) is 0.500. The van der Waals surface area contributed by atoms with Crippen LogP contribution in [0.3, 0.4) is 0 Å². The van der Waals surface area contributed by atoms with E-state index in [4.69, 9.17) is 17.3 Å². The zero-order valence-electron chi connectivity index (χ0n) is 8.30. The van der Waals surface area contributed by atoms with Gasteiger partial charge in [0.05, 0.1) is 0 Å². The summed E-state index contributed by atoms with van der Waals surface area (Å²) in [6, 6.07) is 8.09. The average molecular weight is 210 g/mol. The number of hydrogen-bond donors (Lipinski definition) is 1. The summed E-state index contributed by atoms with van der Waals surface area (Å²) in [5, 5.41) is 0.882. The summed E-state index contributed by atoms with van der Waals surface area (Å²) in [4.78, 5) is 0. The van der Waals surface area contributed by atoms with Crippen molar-refractivity contribution in [2.75, 3.05) is 6.54 Å². The minimum absolute atomic E-state index is 0.352. The quantitative estimate of drug-likeness (QED) is 0.814. The molecule has 2 heteroatoms. The van der Waals surface area contributed by atoms with E-state index in [9.17, 15) is 0 Å². The first-order valence-corrected chi connectivity index (χ1v) is 5.57. The van der Waals surface area contributed by atoms with Crippen LogP contribution in [0.2, 0.25) is 5.02 Å². The highest BCUT2D eigenvalue weighted by Gasteiger charge is 2.35. The van der Waals surface area contributed by atoms with Crippen LogP contribution in [-0.4, -0.2) is 6.54 Å². The molecule has 0 saturated heterocycles. The molecule has 0 spiro atoms. The summed E-state index contributed by atoms with van der Waals surface area (Å²) in [5.74, 6) is 0. The van der Waals surface area contributed by atoms with Gasteiger partial charge < -0.3 is 5.73 Å². The van der Waals surface area contributed by atoms with Gasteiger partial charge in [-0.15, -0.1) is 0 Å². The molecule has 14 heavy (non-hydrogen) atoms. The SMILES string of the molecule is NCC1(Cc2ccccc2Cl)CCC1. The third-order valence-electron chi connectivity index (χ3n) is 3.37. The molecule has 1 aliphatic carbocycles. The molecule has 1 aromatic carbocycles. The molecular formula is C12H16ClN. The predicted octanol–water partition coefficient (Wildman–Crippen LogP) is 3.01. The van der Waals surface area contributed by atoms with Crippen molar-refractivity contribution in [1.29, 1.82) is 0 Å². The van der Waals surface area contributed by atoms with Crippen molar-refractivity contribution in [2.45, 2.75) is 25.7 Å². The van der Waals surface area contributed by atoms with Gasteiger partial charge in [0.2, 0.25) is 0 Å². The van der Waals surface area contributed by atoms with Crippen LogP contribution in [0, 0.1) is 5.41 Å². The van der Waals surface area contributed by atoms with Gasteiger partial charge in [0.15, 0.2) is 0 Å². The first-order chi connectivity index (χ1) is 6.76. The maximum Gasteiger partial charge on any atom is 0.0438 e. The molecule has 1 saturated carbocycles. The van der Waals surface area contributed by atoms with Gasteiger partial charge in [-0.25, -0.2) is 0 Å². The van der Waals surface area contributed by atoms with Gasteiger partial charge >= 0.3 is 0 Å². The molecule has 0 bridgehead atoms. The second-order valence-electron chi connectivity index (χ2n) is 4.33. The van der Waals surface area contributed by atoms with E-state index in [0.29, 0.717) is 5.41 Å². The molecule has 0 aromatic heterocycles. The normalized spacial score (nSPS) is 19.0. The second-order valence-corrected chi connectivity index (χ2v) is 4.73. The summed E-state index contributed by atoms with van der Waals surface area (Å²) in [6.07, 6.45) is 4.88. The van der Waals surface area contributed by atoms with Crippen molar-refractivity contribution < 1.29 is 0 Å². The summed E-state index contributed by atoms with van der Waals surface area (Å²) >= 11 is 6.13. The Morgan fingerprint density at radius 3 is 2.50 bits per heavy atom. The maximum absolute atomic E-state index is 6.13. The Morgan fingerprint density at radius 2 is 2.00 bits per heavy atom. The molecule has 0 heterocycles. The summed E-state index contributed by atoms with van der Waals surface area (Å²) in [6.45, 7) is 0.790. The van der Waals surface area contributed by atoms with E-state index in [1.54, 1.807) is 0 Å². The molecule has 1 fully saturated rings. The highest BCUT2D eigenvalue weighted by atomic mass is 35.5. The monoisotopic (exact) mass is 209 g/mol. The lowest BCUT2D eigenvalue weighted by Crippen LogP contribution is -2.39. The number of hydrogen-bond acceptors (Lipinski definition) is 1. The smallest absolute Gasteiger partial charge is 0.0438 e. The van der Waals surface area contributed by atoms with Gasteiger partial charge in [0.1, 0.15) is 0 Å². The van der Waals surface area contributed by atoms with E-state index >= 15 is 0 Å². The fourth-order valence-electron chi connectivity index (χ4n) is 2.18. The lowest BCUT2D eigenvalue weighted by atomic mass is 9.65. The van der Waals surface area contributed by atoms with Gasteiger partial charge in [0, 0.05) is 5.02 Å². The lowest BCUT2D eigenvalue weighted by molar-refractivity contribution is 0.145. The van der Waals surface area contributed by atoms with Crippen LogP contribution < -0.4 is 5.73 Å². The van der Waals surface area contributed by atoms with E-state index in [2.05, 4.69) is 6.07 Å². The molecule has 1 nitrogen and oxygen atoms in total.